The van der Waals surface area contributed by atoms with Gasteiger partial charge >= 0.3 is 5.97 Å². The maximum absolute atomic E-state index is 12.4. The molecule has 1 N–H and O–H groups in total. The number of ether oxygens (including phenoxy) is 2. The standard InChI is InChI=1S/C19H16N6O4S/c1-28-13-6-4-12(5-7-13)25-19(22-23-24-25)30-10-16-20-15-9-11(18(27)29-2)3-8-14(15)17(26)21-16/h3-9H,10H2,1-2H3,(H,20,21,26). The smallest absolute Gasteiger partial charge is 0.337 e. The van der Waals surface area contributed by atoms with E-state index in [1.54, 1.807) is 17.9 Å². The largest absolute Gasteiger partial charge is 0.497 e. The number of carbonyl (C=O) groups excluding carboxylic acids is 1. The third-order valence-electron chi connectivity index (χ3n) is 4.27. The summed E-state index contributed by atoms with van der Waals surface area (Å²) in [6.07, 6.45) is 0. The molecule has 10 nitrogen and oxygen atoms in total. The van der Waals surface area contributed by atoms with E-state index >= 15 is 0 Å². The van der Waals surface area contributed by atoms with Gasteiger partial charge in [-0.1, -0.05) is 11.8 Å². The van der Waals surface area contributed by atoms with Crippen LogP contribution in [0.4, 0.5) is 0 Å². The van der Waals surface area contributed by atoms with Gasteiger partial charge in [-0.3, -0.25) is 4.79 Å². The Morgan fingerprint density at radius 2 is 1.97 bits per heavy atom. The van der Waals surface area contributed by atoms with Gasteiger partial charge in [0.1, 0.15) is 11.6 Å². The monoisotopic (exact) mass is 424 g/mol. The second-order valence-corrected chi connectivity index (χ2v) is 7.04. The summed E-state index contributed by atoms with van der Waals surface area (Å²) < 4.78 is 11.5. The van der Waals surface area contributed by atoms with Gasteiger partial charge in [0.15, 0.2) is 0 Å². The Hall–Kier alpha value is -3.73. The third-order valence-corrected chi connectivity index (χ3v) is 5.20. The third kappa shape index (κ3) is 3.87. The molecule has 0 spiro atoms. The molecule has 0 bridgehead atoms. The Bertz CT molecular complexity index is 1270. The summed E-state index contributed by atoms with van der Waals surface area (Å²) in [6, 6.07) is 11.9. The van der Waals surface area contributed by atoms with Crippen molar-refractivity contribution in [1.82, 2.24) is 30.2 Å². The molecule has 0 aliphatic rings. The lowest BCUT2D eigenvalue weighted by Gasteiger charge is -2.06. The predicted octanol–water partition coefficient (Wildman–Crippen LogP) is 1.99. The molecule has 0 fully saturated rings. The van der Waals surface area contributed by atoms with Crippen molar-refractivity contribution in [3.05, 3.63) is 64.2 Å². The van der Waals surface area contributed by atoms with Crippen LogP contribution < -0.4 is 10.3 Å². The fourth-order valence-electron chi connectivity index (χ4n) is 2.79. The van der Waals surface area contributed by atoms with Gasteiger partial charge in [-0.25, -0.2) is 9.78 Å². The molecular formula is C19H16N6O4S. The van der Waals surface area contributed by atoms with Crippen LogP contribution in [0.15, 0.2) is 52.4 Å². The second-order valence-electron chi connectivity index (χ2n) is 6.10. The first-order valence-corrected chi connectivity index (χ1v) is 9.74. The molecule has 0 amide bonds. The Morgan fingerprint density at radius 1 is 1.17 bits per heavy atom. The molecule has 2 aromatic heterocycles. The predicted molar refractivity (Wildman–Crippen MR) is 109 cm³/mol. The van der Waals surface area contributed by atoms with Gasteiger partial charge < -0.3 is 14.5 Å². The van der Waals surface area contributed by atoms with Gasteiger partial charge in [0.25, 0.3) is 5.56 Å². The van der Waals surface area contributed by atoms with E-state index in [0.717, 1.165) is 11.4 Å². The molecule has 0 radical (unpaired) electrons. The average Bonchev–Trinajstić information content (AvgIpc) is 3.25. The molecule has 4 rings (SSSR count). The molecule has 11 heteroatoms. The maximum Gasteiger partial charge on any atom is 0.337 e. The topological polar surface area (TPSA) is 125 Å². The van der Waals surface area contributed by atoms with Crippen LogP contribution in [0.5, 0.6) is 5.75 Å². The van der Waals surface area contributed by atoms with Gasteiger partial charge in [0.2, 0.25) is 5.16 Å². The molecule has 0 unspecified atom stereocenters. The molecule has 0 aliphatic heterocycles. The summed E-state index contributed by atoms with van der Waals surface area (Å²) in [4.78, 5) is 31.3. The highest BCUT2D eigenvalue weighted by molar-refractivity contribution is 7.98. The summed E-state index contributed by atoms with van der Waals surface area (Å²) in [6.45, 7) is 0. The minimum atomic E-state index is -0.492. The molecular weight excluding hydrogens is 408 g/mol. The van der Waals surface area contributed by atoms with Crippen LogP contribution in [0.1, 0.15) is 16.2 Å². The van der Waals surface area contributed by atoms with E-state index in [2.05, 4.69) is 25.5 Å². The number of tetrazole rings is 1. The number of fused-ring (bicyclic) bond motifs is 1. The molecule has 4 aromatic rings. The fourth-order valence-corrected chi connectivity index (χ4v) is 3.55. The van der Waals surface area contributed by atoms with E-state index in [1.807, 2.05) is 24.3 Å². The van der Waals surface area contributed by atoms with E-state index in [-0.39, 0.29) is 5.56 Å². The van der Waals surface area contributed by atoms with Gasteiger partial charge in [-0.2, -0.15) is 4.68 Å². The summed E-state index contributed by atoms with van der Waals surface area (Å²) in [5, 5.41) is 12.7. The van der Waals surface area contributed by atoms with Crippen LogP contribution >= 0.6 is 11.8 Å². The number of hydrogen-bond donors (Lipinski definition) is 1. The van der Waals surface area contributed by atoms with Gasteiger partial charge in [-0.05, 0) is 52.9 Å². The van der Waals surface area contributed by atoms with Crippen LogP contribution in [0.2, 0.25) is 0 Å². The first-order valence-electron chi connectivity index (χ1n) is 8.76. The summed E-state index contributed by atoms with van der Waals surface area (Å²) in [7, 11) is 2.89. The molecule has 0 atom stereocenters. The fraction of sp³-hybridized carbons (Fsp3) is 0.158. The van der Waals surface area contributed by atoms with Crippen molar-refractivity contribution in [2.75, 3.05) is 14.2 Å². The van der Waals surface area contributed by atoms with Crippen molar-refractivity contribution in [3.63, 3.8) is 0 Å². The highest BCUT2D eigenvalue weighted by Gasteiger charge is 2.13. The van der Waals surface area contributed by atoms with Crippen molar-refractivity contribution >= 4 is 28.6 Å². The molecule has 152 valence electrons. The lowest BCUT2D eigenvalue weighted by molar-refractivity contribution is 0.0601. The molecule has 30 heavy (non-hydrogen) atoms. The van der Waals surface area contributed by atoms with Crippen molar-refractivity contribution in [2.24, 2.45) is 0 Å². The number of rotatable bonds is 6. The van der Waals surface area contributed by atoms with Gasteiger partial charge in [0.05, 0.1) is 42.1 Å². The number of esters is 1. The molecule has 2 heterocycles. The second kappa shape index (κ2) is 8.33. The van der Waals surface area contributed by atoms with Crippen LogP contribution in [-0.4, -0.2) is 50.4 Å². The van der Waals surface area contributed by atoms with E-state index in [9.17, 15) is 9.59 Å². The summed E-state index contributed by atoms with van der Waals surface area (Å²) in [5.41, 5.74) is 1.21. The van der Waals surface area contributed by atoms with E-state index in [4.69, 9.17) is 9.47 Å². The number of H-pyrrole nitrogens is 1. The Balaban J connectivity index is 1.59. The van der Waals surface area contributed by atoms with Crippen LogP contribution in [-0.2, 0) is 10.5 Å². The van der Waals surface area contributed by atoms with Crippen LogP contribution in [0.25, 0.3) is 16.6 Å². The van der Waals surface area contributed by atoms with E-state index < -0.39 is 5.97 Å². The molecule has 0 saturated heterocycles. The van der Waals surface area contributed by atoms with Gasteiger partial charge in [-0.15, -0.1) is 5.10 Å². The van der Waals surface area contributed by atoms with Gasteiger partial charge in [0, 0.05) is 0 Å². The Kier molecular flexibility index (Phi) is 5.44. The lowest BCUT2D eigenvalue weighted by Crippen LogP contribution is -2.12. The number of thioether (sulfide) groups is 1. The highest BCUT2D eigenvalue weighted by Crippen LogP contribution is 2.23. The average molecular weight is 424 g/mol. The Morgan fingerprint density at radius 3 is 2.70 bits per heavy atom. The summed E-state index contributed by atoms with van der Waals surface area (Å²) in [5.74, 6) is 0.993. The number of aromatic amines is 1. The number of nitrogens with zero attached hydrogens (tertiary/aromatic N) is 5. The number of aromatic nitrogens is 6. The number of hydrogen-bond acceptors (Lipinski definition) is 9. The van der Waals surface area contributed by atoms with Crippen LogP contribution in [0.3, 0.4) is 0 Å². The summed E-state index contributed by atoms with van der Waals surface area (Å²) >= 11 is 1.32. The minimum absolute atomic E-state index is 0.290. The molecule has 2 aromatic carbocycles. The highest BCUT2D eigenvalue weighted by atomic mass is 32.2. The first-order chi connectivity index (χ1) is 14.6. The van der Waals surface area contributed by atoms with E-state index in [0.29, 0.717) is 33.2 Å². The van der Waals surface area contributed by atoms with Crippen molar-refractivity contribution < 1.29 is 14.3 Å². The first kappa shape index (κ1) is 19.6. The zero-order valence-corrected chi connectivity index (χ0v) is 16.8. The zero-order valence-electron chi connectivity index (χ0n) is 16.0. The lowest BCUT2D eigenvalue weighted by atomic mass is 10.1. The molecule has 0 aliphatic carbocycles. The molecule has 0 saturated carbocycles. The number of benzene rings is 2. The SMILES string of the molecule is COC(=O)c1ccc2c(=O)[nH]c(CSc3nnnn3-c3ccc(OC)cc3)nc2c1. The number of carbonyl (C=O) groups is 1. The number of methoxy groups -OCH3 is 2. The van der Waals surface area contributed by atoms with Crippen molar-refractivity contribution in [3.8, 4) is 11.4 Å². The maximum atomic E-state index is 12.4. The van der Waals surface area contributed by atoms with E-state index in [1.165, 1.54) is 31.0 Å². The van der Waals surface area contributed by atoms with Crippen LogP contribution in [0, 0.1) is 0 Å². The number of nitrogens with one attached hydrogen (secondary N) is 1. The quantitative estimate of drug-likeness (QED) is 0.365. The minimum Gasteiger partial charge on any atom is -0.497 e. The zero-order chi connectivity index (χ0) is 21.1. The normalized spacial score (nSPS) is 10.9. The van der Waals surface area contributed by atoms with Crippen molar-refractivity contribution in [2.45, 2.75) is 10.9 Å². The Labute approximate surface area is 174 Å². The van der Waals surface area contributed by atoms with Crippen molar-refractivity contribution in [1.29, 1.82) is 0 Å².